The molecule has 0 aliphatic carbocycles. The van der Waals surface area contributed by atoms with Crippen molar-refractivity contribution in [3.63, 3.8) is 0 Å². The SMILES string of the molecule is O=C(NCc1ccc(S(=O)(=O)N2CCOCC2)cc1)C(=O)NCc1ccccn1. The molecular weight excluding hydrogens is 396 g/mol. The van der Waals surface area contributed by atoms with Crippen LogP contribution in [0.25, 0.3) is 0 Å². The highest BCUT2D eigenvalue weighted by Gasteiger charge is 2.26. The summed E-state index contributed by atoms with van der Waals surface area (Å²) in [6.45, 7) is 1.67. The van der Waals surface area contributed by atoms with Gasteiger partial charge in [-0.05, 0) is 29.8 Å². The van der Waals surface area contributed by atoms with Gasteiger partial charge in [0.2, 0.25) is 10.0 Å². The average Bonchev–Trinajstić information content (AvgIpc) is 2.77. The Morgan fingerprint density at radius 2 is 1.62 bits per heavy atom. The Morgan fingerprint density at radius 3 is 2.24 bits per heavy atom. The Hall–Kier alpha value is -2.82. The predicted molar refractivity (Wildman–Crippen MR) is 104 cm³/mol. The number of amides is 2. The molecule has 2 aromatic rings. The Morgan fingerprint density at radius 1 is 0.966 bits per heavy atom. The Kier molecular flexibility index (Phi) is 6.91. The molecule has 0 bridgehead atoms. The second-order valence-corrected chi connectivity index (χ2v) is 8.28. The van der Waals surface area contributed by atoms with Crippen LogP contribution in [0.1, 0.15) is 11.3 Å². The van der Waals surface area contributed by atoms with E-state index >= 15 is 0 Å². The van der Waals surface area contributed by atoms with Gasteiger partial charge in [-0.1, -0.05) is 18.2 Å². The minimum Gasteiger partial charge on any atom is -0.379 e. The first kappa shape index (κ1) is 20.9. The van der Waals surface area contributed by atoms with E-state index in [0.717, 1.165) is 0 Å². The number of nitrogens with zero attached hydrogens (tertiary/aromatic N) is 2. The van der Waals surface area contributed by atoms with Crippen LogP contribution in [0.2, 0.25) is 0 Å². The summed E-state index contributed by atoms with van der Waals surface area (Å²) < 4.78 is 31.7. The molecule has 0 radical (unpaired) electrons. The molecule has 1 saturated heterocycles. The fraction of sp³-hybridized carbons (Fsp3) is 0.316. The number of carbonyl (C=O) groups excluding carboxylic acids is 2. The molecule has 2 amide bonds. The third kappa shape index (κ3) is 5.59. The van der Waals surface area contributed by atoms with Crippen LogP contribution < -0.4 is 10.6 Å². The van der Waals surface area contributed by atoms with Crippen LogP contribution in [0.4, 0.5) is 0 Å². The lowest BCUT2D eigenvalue weighted by Crippen LogP contribution is -2.40. The molecule has 9 nitrogen and oxygen atoms in total. The molecule has 29 heavy (non-hydrogen) atoms. The molecule has 1 aromatic heterocycles. The number of hydrogen-bond donors (Lipinski definition) is 2. The summed E-state index contributed by atoms with van der Waals surface area (Å²) in [7, 11) is -3.56. The maximum absolute atomic E-state index is 12.6. The first-order chi connectivity index (χ1) is 14.0. The summed E-state index contributed by atoms with van der Waals surface area (Å²) in [5, 5.41) is 5.00. The van der Waals surface area contributed by atoms with Gasteiger partial charge in [0, 0.05) is 25.8 Å². The van der Waals surface area contributed by atoms with Gasteiger partial charge in [0.1, 0.15) is 0 Å². The zero-order chi connectivity index (χ0) is 20.7. The maximum atomic E-state index is 12.6. The minimum absolute atomic E-state index is 0.105. The fourth-order valence-electron chi connectivity index (χ4n) is 2.73. The highest BCUT2D eigenvalue weighted by atomic mass is 32.2. The molecule has 2 N–H and O–H groups in total. The van der Waals surface area contributed by atoms with Crippen LogP contribution in [-0.4, -0.2) is 55.8 Å². The summed E-state index contributed by atoms with van der Waals surface area (Å²) in [6.07, 6.45) is 1.60. The molecule has 0 spiro atoms. The smallest absolute Gasteiger partial charge is 0.309 e. The van der Waals surface area contributed by atoms with Crippen LogP contribution in [-0.2, 0) is 37.4 Å². The fourth-order valence-corrected chi connectivity index (χ4v) is 4.14. The molecule has 10 heteroatoms. The number of benzene rings is 1. The number of ether oxygens (including phenoxy) is 1. The van der Waals surface area contributed by atoms with E-state index in [1.807, 2.05) is 0 Å². The van der Waals surface area contributed by atoms with Crippen LogP contribution in [0.5, 0.6) is 0 Å². The van der Waals surface area contributed by atoms with E-state index in [1.54, 1.807) is 36.5 Å². The third-order valence-corrected chi connectivity index (χ3v) is 6.26. The Labute approximate surface area is 169 Å². The van der Waals surface area contributed by atoms with Crippen LogP contribution in [0.15, 0.2) is 53.6 Å². The van der Waals surface area contributed by atoms with E-state index < -0.39 is 21.8 Å². The molecule has 1 aromatic carbocycles. The van der Waals surface area contributed by atoms with Crippen molar-refractivity contribution in [1.29, 1.82) is 0 Å². The van der Waals surface area contributed by atoms with Crippen molar-refractivity contribution in [1.82, 2.24) is 19.9 Å². The van der Waals surface area contributed by atoms with Gasteiger partial charge in [0.25, 0.3) is 0 Å². The predicted octanol–water partition coefficient (Wildman–Crippen LogP) is 0.0351. The molecule has 1 aliphatic rings. The van der Waals surface area contributed by atoms with Gasteiger partial charge in [0.15, 0.2) is 0 Å². The molecule has 0 unspecified atom stereocenters. The summed E-state index contributed by atoms with van der Waals surface area (Å²) in [5.41, 5.74) is 1.32. The minimum atomic E-state index is -3.56. The summed E-state index contributed by atoms with van der Waals surface area (Å²) in [5.74, 6) is -1.53. The molecule has 0 saturated carbocycles. The molecule has 3 rings (SSSR count). The molecule has 2 heterocycles. The molecule has 1 fully saturated rings. The zero-order valence-electron chi connectivity index (χ0n) is 15.7. The van der Waals surface area contributed by atoms with Gasteiger partial charge in [-0.2, -0.15) is 4.31 Å². The van der Waals surface area contributed by atoms with E-state index in [2.05, 4.69) is 15.6 Å². The van der Waals surface area contributed by atoms with Crippen molar-refractivity contribution in [2.75, 3.05) is 26.3 Å². The van der Waals surface area contributed by atoms with Gasteiger partial charge in [-0.3, -0.25) is 14.6 Å². The second-order valence-electron chi connectivity index (χ2n) is 6.35. The summed E-state index contributed by atoms with van der Waals surface area (Å²) >= 11 is 0. The van der Waals surface area contributed by atoms with Crippen LogP contribution in [0.3, 0.4) is 0 Å². The molecule has 1 aliphatic heterocycles. The van der Waals surface area contributed by atoms with Gasteiger partial charge in [-0.15, -0.1) is 0 Å². The average molecular weight is 418 g/mol. The quantitative estimate of drug-likeness (QED) is 0.640. The second kappa shape index (κ2) is 9.59. The molecule has 0 atom stereocenters. The Bertz CT molecular complexity index is 942. The zero-order valence-corrected chi connectivity index (χ0v) is 16.5. The maximum Gasteiger partial charge on any atom is 0.309 e. The topological polar surface area (TPSA) is 118 Å². The normalized spacial score (nSPS) is 14.9. The van der Waals surface area contributed by atoms with Crippen molar-refractivity contribution in [3.05, 3.63) is 59.9 Å². The highest BCUT2D eigenvalue weighted by molar-refractivity contribution is 7.89. The highest BCUT2D eigenvalue weighted by Crippen LogP contribution is 2.17. The number of morpholine rings is 1. The first-order valence-corrected chi connectivity index (χ1v) is 10.5. The van der Waals surface area contributed by atoms with Crippen LogP contribution in [0, 0.1) is 0 Å². The van der Waals surface area contributed by atoms with Gasteiger partial charge in [0.05, 0.1) is 30.3 Å². The van der Waals surface area contributed by atoms with E-state index in [4.69, 9.17) is 4.74 Å². The summed E-state index contributed by atoms with van der Waals surface area (Å²) in [6, 6.07) is 11.5. The Balaban J connectivity index is 1.50. The number of pyridine rings is 1. The van der Waals surface area contributed by atoms with Crippen molar-refractivity contribution in [2.24, 2.45) is 0 Å². The van der Waals surface area contributed by atoms with Gasteiger partial charge >= 0.3 is 11.8 Å². The number of aromatic nitrogens is 1. The van der Waals surface area contributed by atoms with Crippen molar-refractivity contribution >= 4 is 21.8 Å². The van der Waals surface area contributed by atoms with E-state index in [9.17, 15) is 18.0 Å². The van der Waals surface area contributed by atoms with E-state index in [1.165, 1.54) is 16.4 Å². The summed E-state index contributed by atoms with van der Waals surface area (Å²) in [4.78, 5) is 28.0. The van der Waals surface area contributed by atoms with Gasteiger partial charge < -0.3 is 15.4 Å². The first-order valence-electron chi connectivity index (χ1n) is 9.09. The molecular formula is C19H22N4O5S. The standard InChI is InChI=1S/C19H22N4O5S/c24-18(19(25)22-14-16-3-1-2-8-20-16)21-13-15-4-6-17(7-5-15)29(26,27)23-9-11-28-12-10-23/h1-8H,9-14H2,(H,21,24)(H,22,25). The monoisotopic (exact) mass is 418 g/mol. The van der Waals surface area contributed by atoms with Gasteiger partial charge in [-0.25, -0.2) is 8.42 Å². The molecule has 154 valence electrons. The lowest BCUT2D eigenvalue weighted by Gasteiger charge is -2.26. The number of hydrogen-bond acceptors (Lipinski definition) is 6. The van der Waals surface area contributed by atoms with Crippen molar-refractivity contribution in [3.8, 4) is 0 Å². The number of carbonyl (C=O) groups is 2. The lowest BCUT2D eigenvalue weighted by atomic mass is 10.2. The largest absolute Gasteiger partial charge is 0.379 e. The van der Waals surface area contributed by atoms with Crippen molar-refractivity contribution < 1.29 is 22.7 Å². The third-order valence-electron chi connectivity index (χ3n) is 4.35. The van der Waals surface area contributed by atoms with Crippen molar-refractivity contribution in [2.45, 2.75) is 18.0 Å². The lowest BCUT2D eigenvalue weighted by molar-refractivity contribution is -0.139. The van der Waals surface area contributed by atoms with Crippen LogP contribution >= 0.6 is 0 Å². The number of nitrogens with one attached hydrogen (secondary N) is 2. The van der Waals surface area contributed by atoms with E-state index in [-0.39, 0.29) is 18.0 Å². The van der Waals surface area contributed by atoms with E-state index in [0.29, 0.717) is 37.6 Å². The number of sulfonamides is 1. The number of rotatable bonds is 6.